The zero-order valence-electron chi connectivity index (χ0n) is 13.3. The second kappa shape index (κ2) is 7.73. The molecule has 1 atom stereocenters. The first-order chi connectivity index (χ1) is 11.6. The van der Waals surface area contributed by atoms with E-state index in [1.54, 1.807) is 0 Å². The molecule has 0 aliphatic rings. The smallest absolute Gasteiger partial charge is 0.233 e. The summed E-state index contributed by atoms with van der Waals surface area (Å²) in [5.41, 5.74) is 1.13. The van der Waals surface area contributed by atoms with E-state index in [1.165, 1.54) is 22.5 Å². The summed E-state index contributed by atoms with van der Waals surface area (Å²) in [4.78, 5) is 13.4. The van der Waals surface area contributed by atoms with Crippen molar-refractivity contribution in [1.29, 1.82) is 0 Å². The number of carbonyl (C=O) groups is 1. The Labute approximate surface area is 151 Å². The summed E-state index contributed by atoms with van der Waals surface area (Å²) in [5, 5.41) is 5.94. The van der Waals surface area contributed by atoms with Crippen molar-refractivity contribution in [2.75, 3.05) is 0 Å². The zero-order chi connectivity index (χ0) is 16.9. The molecule has 0 fully saturated rings. The summed E-state index contributed by atoms with van der Waals surface area (Å²) in [6, 6.07) is 21.9. The molecule has 1 N–H and O–H groups in total. The van der Waals surface area contributed by atoms with E-state index in [0.717, 1.165) is 10.5 Å². The van der Waals surface area contributed by atoms with Crippen LogP contribution in [0.5, 0.6) is 0 Å². The molecular weight excluding hydrogens is 338 g/mol. The van der Waals surface area contributed by atoms with Crippen LogP contribution in [0.1, 0.15) is 12.5 Å². The molecule has 0 spiro atoms. The maximum absolute atomic E-state index is 12.4. The van der Waals surface area contributed by atoms with Gasteiger partial charge in [-0.3, -0.25) is 4.79 Å². The molecule has 0 saturated carbocycles. The van der Waals surface area contributed by atoms with Crippen molar-refractivity contribution < 1.29 is 4.79 Å². The minimum atomic E-state index is -0.166. The molecular formula is C20H18ClNOS. The Morgan fingerprint density at radius 1 is 1.04 bits per heavy atom. The van der Waals surface area contributed by atoms with Crippen LogP contribution in [0.25, 0.3) is 10.8 Å². The molecule has 0 aliphatic heterocycles. The normalized spacial score (nSPS) is 12.1. The molecule has 3 aromatic rings. The Morgan fingerprint density at radius 3 is 2.54 bits per heavy atom. The summed E-state index contributed by atoms with van der Waals surface area (Å²) in [5.74, 6) is 0.0304. The second-order valence-electron chi connectivity index (χ2n) is 5.57. The third-order valence-corrected chi connectivity index (χ3v) is 5.19. The molecule has 0 aromatic heterocycles. The average Bonchev–Trinajstić information content (AvgIpc) is 2.61. The number of hydrogen-bond donors (Lipinski definition) is 1. The van der Waals surface area contributed by atoms with Crippen molar-refractivity contribution in [3.63, 3.8) is 0 Å². The Hall–Kier alpha value is -1.97. The third-order valence-electron chi connectivity index (χ3n) is 3.83. The van der Waals surface area contributed by atoms with Crippen LogP contribution in [0.2, 0.25) is 5.02 Å². The number of benzene rings is 3. The van der Waals surface area contributed by atoms with E-state index in [0.29, 0.717) is 11.6 Å². The molecule has 0 bridgehead atoms. The summed E-state index contributed by atoms with van der Waals surface area (Å²) in [6.45, 7) is 2.45. The Balaban J connectivity index is 1.63. The maximum atomic E-state index is 12.4. The first-order valence-corrected chi connectivity index (χ1v) is 9.06. The molecule has 1 amide bonds. The van der Waals surface area contributed by atoms with Gasteiger partial charge in [0.25, 0.3) is 0 Å². The highest BCUT2D eigenvalue weighted by Crippen LogP contribution is 2.25. The Kier molecular flexibility index (Phi) is 5.44. The quantitative estimate of drug-likeness (QED) is 0.630. The number of thioether (sulfide) groups is 1. The molecule has 0 saturated heterocycles. The van der Waals surface area contributed by atoms with Crippen molar-refractivity contribution in [2.45, 2.75) is 23.6 Å². The van der Waals surface area contributed by atoms with Gasteiger partial charge in [0.1, 0.15) is 0 Å². The molecule has 0 unspecified atom stereocenters. The number of hydrogen-bond acceptors (Lipinski definition) is 2. The predicted octanol–water partition coefficient (Wildman–Crippen LogP) is 5.29. The number of rotatable bonds is 5. The average molecular weight is 356 g/mol. The number of nitrogens with one attached hydrogen (secondary N) is 1. The van der Waals surface area contributed by atoms with Crippen molar-refractivity contribution >= 4 is 40.0 Å². The van der Waals surface area contributed by atoms with E-state index in [2.05, 4.69) is 29.6 Å². The SMILES string of the molecule is C[C@H](Sc1ccc(Cl)cc1)C(=O)NCc1cccc2ccccc12. The van der Waals surface area contributed by atoms with E-state index < -0.39 is 0 Å². The van der Waals surface area contributed by atoms with Gasteiger partial charge in [0.15, 0.2) is 0 Å². The fourth-order valence-corrected chi connectivity index (χ4v) is 3.56. The summed E-state index contributed by atoms with van der Waals surface area (Å²) in [6.07, 6.45) is 0. The van der Waals surface area contributed by atoms with Crippen molar-refractivity contribution in [2.24, 2.45) is 0 Å². The fourth-order valence-electron chi connectivity index (χ4n) is 2.54. The highest BCUT2D eigenvalue weighted by molar-refractivity contribution is 8.00. The van der Waals surface area contributed by atoms with Gasteiger partial charge >= 0.3 is 0 Å². The van der Waals surface area contributed by atoms with Crippen LogP contribution in [-0.2, 0) is 11.3 Å². The minimum Gasteiger partial charge on any atom is -0.351 e. The largest absolute Gasteiger partial charge is 0.351 e. The monoisotopic (exact) mass is 355 g/mol. The Morgan fingerprint density at radius 2 is 1.75 bits per heavy atom. The first-order valence-electron chi connectivity index (χ1n) is 7.80. The molecule has 0 heterocycles. The topological polar surface area (TPSA) is 29.1 Å². The first kappa shape index (κ1) is 16.9. The van der Waals surface area contributed by atoms with Crippen molar-refractivity contribution in [1.82, 2.24) is 5.32 Å². The van der Waals surface area contributed by atoms with Gasteiger partial charge in [-0.15, -0.1) is 11.8 Å². The van der Waals surface area contributed by atoms with Crippen LogP contribution < -0.4 is 5.32 Å². The van der Waals surface area contributed by atoms with Gasteiger partial charge < -0.3 is 5.32 Å². The van der Waals surface area contributed by atoms with Crippen molar-refractivity contribution in [3.05, 3.63) is 77.3 Å². The van der Waals surface area contributed by atoms with Gasteiger partial charge in [0.2, 0.25) is 5.91 Å². The van der Waals surface area contributed by atoms with Gasteiger partial charge in [-0.25, -0.2) is 0 Å². The van der Waals surface area contributed by atoms with Gasteiger partial charge in [-0.1, -0.05) is 54.1 Å². The molecule has 24 heavy (non-hydrogen) atoms. The van der Waals surface area contributed by atoms with Crippen LogP contribution in [0.3, 0.4) is 0 Å². The van der Waals surface area contributed by atoms with Gasteiger partial charge in [-0.2, -0.15) is 0 Å². The number of carbonyl (C=O) groups excluding carboxylic acids is 1. The second-order valence-corrected chi connectivity index (χ2v) is 7.42. The number of halogens is 1. The Bertz CT molecular complexity index is 842. The molecule has 0 aliphatic carbocycles. The molecule has 0 radical (unpaired) electrons. The number of fused-ring (bicyclic) bond motifs is 1. The highest BCUT2D eigenvalue weighted by atomic mass is 35.5. The molecule has 4 heteroatoms. The van der Waals surface area contributed by atoms with Gasteiger partial charge in [0.05, 0.1) is 5.25 Å². The molecule has 2 nitrogen and oxygen atoms in total. The third kappa shape index (κ3) is 4.11. The van der Waals surface area contributed by atoms with Gasteiger partial charge in [-0.05, 0) is 47.5 Å². The number of amides is 1. The van der Waals surface area contributed by atoms with Crippen LogP contribution >= 0.6 is 23.4 Å². The highest BCUT2D eigenvalue weighted by Gasteiger charge is 2.14. The van der Waals surface area contributed by atoms with Crippen LogP contribution in [0.15, 0.2) is 71.6 Å². The molecule has 122 valence electrons. The lowest BCUT2D eigenvalue weighted by Gasteiger charge is -2.13. The molecule has 3 aromatic carbocycles. The predicted molar refractivity (Wildman–Crippen MR) is 103 cm³/mol. The lowest BCUT2D eigenvalue weighted by Crippen LogP contribution is -2.30. The lowest BCUT2D eigenvalue weighted by atomic mass is 10.0. The zero-order valence-corrected chi connectivity index (χ0v) is 14.9. The van der Waals surface area contributed by atoms with E-state index in [1.807, 2.05) is 49.4 Å². The van der Waals surface area contributed by atoms with Crippen LogP contribution in [0.4, 0.5) is 0 Å². The summed E-state index contributed by atoms with van der Waals surface area (Å²) >= 11 is 7.42. The van der Waals surface area contributed by atoms with Gasteiger partial charge in [0, 0.05) is 16.5 Å². The lowest BCUT2D eigenvalue weighted by molar-refractivity contribution is -0.120. The van der Waals surface area contributed by atoms with Crippen LogP contribution in [-0.4, -0.2) is 11.2 Å². The van der Waals surface area contributed by atoms with Crippen LogP contribution in [0, 0.1) is 0 Å². The van der Waals surface area contributed by atoms with E-state index in [4.69, 9.17) is 11.6 Å². The maximum Gasteiger partial charge on any atom is 0.233 e. The summed E-state index contributed by atoms with van der Waals surface area (Å²) < 4.78 is 0. The fraction of sp³-hybridized carbons (Fsp3) is 0.150. The van der Waals surface area contributed by atoms with E-state index >= 15 is 0 Å². The standard InChI is InChI=1S/C20H18ClNOS/c1-14(24-18-11-9-17(21)10-12-18)20(23)22-13-16-7-4-6-15-5-2-3-8-19(15)16/h2-12,14H,13H2,1H3,(H,22,23)/t14-/m0/s1. The van der Waals surface area contributed by atoms with E-state index in [-0.39, 0.29) is 11.2 Å². The van der Waals surface area contributed by atoms with Crippen molar-refractivity contribution in [3.8, 4) is 0 Å². The molecule has 3 rings (SSSR count). The minimum absolute atomic E-state index is 0.0304. The summed E-state index contributed by atoms with van der Waals surface area (Å²) in [7, 11) is 0. The van der Waals surface area contributed by atoms with E-state index in [9.17, 15) is 4.79 Å².